The third kappa shape index (κ3) is 3.09. The fourth-order valence-electron chi connectivity index (χ4n) is 3.22. The van der Waals surface area contributed by atoms with Crippen LogP contribution in [0.4, 0.5) is 0 Å². The van der Waals surface area contributed by atoms with Crippen LogP contribution in [0, 0.1) is 0 Å². The number of fused-ring (bicyclic) bond motifs is 1. The van der Waals surface area contributed by atoms with Crippen LogP contribution in [0.2, 0.25) is 0 Å². The van der Waals surface area contributed by atoms with E-state index in [1.54, 1.807) is 0 Å². The molecule has 1 aliphatic rings. The first kappa shape index (κ1) is 15.2. The van der Waals surface area contributed by atoms with E-state index in [0.717, 1.165) is 34.7 Å². The standard InChI is InChI=1S/C23H19NO2/c1-2-6-16(7-3-1)18-10-19(12-20(11-18)25-14-21-15-26-21)23-13-17-8-4-5-9-22(17)24-23/h1-13,21,24H,14-15H2. The Morgan fingerprint density at radius 1 is 0.846 bits per heavy atom. The topological polar surface area (TPSA) is 37.5 Å². The van der Waals surface area contributed by atoms with Gasteiger partial charge in [0.05, 0.1) is 6.61 Å². The lowest BCUT2D eigenvalue weighted by atomic mass is 10.0. The van der Waals surface area contributed by atoms with Gasteiger partial charge in [-0.15, -0.1) is 0 Å². The van der Waals surface area contributed by atoms with E-state index >= 15 is 0 Å². The molecule has 1 aromatic heterocycles. The summed E-state index contributed by atoms with van der Waals surface area (Å²) >= 11 is 0. The molecule has 4 aromatic rings. The minimum absolute atomic E-state index is 0.243. The van der Waals surface area contributed by atoms with Crippen LogP contribution in [-0.2, 0) is 4.74 Å². The molecule has 1 unspecified atom stereocenters. The maximum Gasteiger partial charge on any atom is 0.120 e. The average Bonchev–Trinajstić information content (AvgIpc) is 3.43. The van der Waals surface area contributed by atoms with Gasteiger partial charge < -0.3 is 14.5 Å². The number of epoxide rings is 1. The van der Waals surface area contributed by atoms with E-state index in [4.69, 9.17) is 9.47 Å². The zero-order chi connectivity index (χ0) is 17.3. The van der Waals surface area contributed by atoms with E-state index in [1.807, 2.05) is 12.1 Å². The molecule has 0 aliphatic carbocycles. The van der Waals surface area contributed by atoms with Gasteiger partial charge in [-0.2, -0.15) is 0 Å². The third-order valence-corrected chi connectivity index (χ3v) is 4.69. The van der Waals surface area contributed by atoms with Gasteiger partial charge in [0.25, 0.3) is 0 Å². The van der Waals surface area contributed by atoms with Crippen molar-refractivity contribution in [2.45, 2.75) is 6.10 Å². The van der Waals surface area contributed by atoms with Crippen molar-refractivity contribution in [3.05, 3.63) is 78.9 Å². The molecule has 3 nitrogen and oxygen atoms in total. The molecule has 3 aromatic carbocycles. The Bertz CT molecular complexity index is 1020. The molecular weight excluding hydrogens is 322 g/mol. The van der Waals surface area contributed by atoms with Crippen LogP contribution in [0.25, 0.3) is 33.3 Å². The first-order chi connectivity index (χ1) is 12.8. The van der Waals surface area contributed by atoms with E-state index in [9.17, 15) is 0 Å². The lowest BCUT2D eigenvalue weighted by Gasteiger charge is -2.10. The van der Waals surface area contributed by atoms with Gasteiger partial charge in [-0.1, -0.05) is 48.5 Å². The molecule has 0 amide bonds. The molecule has 1 fully saturated rings. The number of para-hydroxylation sites is 1. The van der Waals surface area contributed by atoms with E-state index in [-0.39, 0.29) is 6.10 Å². The molecule has 0 bridgehead atoms. The summed E-state index contributed by atoms with van der Waals surface area (Å²) in [5.74, 6) is 0.871. The van der Waals surface area contributed by atoms with E-state index in [0.29, 0.717) is 6.61 Å². The predicted octanol–water partition coefficient (Wildman–Crippen LogP) is 5.28. The Morgan fingerprint density at radius 3 is 2.42 bits per heavy atom. The van der Waals surface area contributed by atoms with Crippen LogP contribution in [0.15, 0.2) is 78.9 Å². The van der Waals surface area contributed by atoms with Gasteiger partial charge in [-0.05, 0) is 41.5 Å². The predicted molar refractivity (Wildman–Crippen MR) is 104 cm³/mol. The van der Waals surface area contributed by atoms with Gasteiger partial charge in [-0.25, -0.2) is 0 Å². The van der Waals surface area contributed by atoms with Crippen molar-refractivity contribution in [3.8, 4) is 28.1 Å². The van der Waals surface area contributed by atoms with E-state index < -0.39 is 0 Å². The van der Waals surface area contributed by atoms with Gasteiger partial charge in [0.1, 0.15) is 18.5 Å². The maximum atomic E-state index is 5.99. The van der Waals surface area contributed by atoms with Gasteiger partial charge >= 0.3 is 0 Å². The summed E-state index contributed by atoms with van der Waals surface area (Å²) in [5, 5.41) is 1.21. The minimum atomic E-state index is 0.243. The SMILES string of the molecule is c1ccc(-c2cc(OCC3CO3)cc(-c3cc4ccccc4[nH]3)c2)cc1. The zero-order valence-corrected chi connectivity index (χ0v) is 14.3. The summed E-state index contributed by atoms with van der Waals surface area (Å²) in [6, 6.07) is 27.3. The number of benzene rings is 3. The summed E-state index contributed by atoms with van der Waals surface area (Å²) in [7, 11) is 0. The molecule has 128 valence electrons. The van der Waals surface area contributed by atoms with Crippen molar-refractivity contribution in [3.63, 3.8) is 0 Å². The van der Waals surface area contributed by atoms with Gasteiger partial charge in [0.2, 0.25) is 0 Å². The highest BCUT2D eigenvalue weighted by atomic mass is 16.6. The third-order valence-electron chi connectivity index (χ3n) is 4.69. The Morgan fingerprint density at radius 2 is 1.62 bits per heavy atom. The number of hydrogen-bond donors (Lipinski definition) is 1. The molecule has 1 atom stereocenters. The second-order valence-electron chi connectivity index (χ2n) is 6.65. The highest BCUT2D eigenvalue weighted by Gasteiger charge is 2.23. The second kappa shape index (κ2) is 6.36. The molecule has 0 radical (unpaired) electrons. The molecule has 1 aliphatic heterocycles. The van der Waals surface area contributed by atoms with Crippen LogP contribution in [0.3, 0.4) is 0 Å². The molecular formula is C23H19NO2. The van der Waals surface area contributed by atoms with E-state index in [2.05, 4.69) is 71.7 Å². The first-order valence-electron chi connectivity index (χ1n) is 8.88. The Labute approximate surface area is 152 Å². The minimum Gasteiger partial charge on any atom is -0.491 e. The summed E-state index contributed by atoms with van der Waals surface area (Å²) in [4.78, 5) is 3.51. The molecule has 0 saturated carbocycles. The highest BCUT2D eigenvalue weighted by molar-refractivity contribution is 5.87. The smallest absolute Gasteiger partial charge is 0.120 e. The Kier molecular flexibility index (Phi) is 3.72. The fraction of sp³-hybridized carbons (Fsp3) is 0.130. The molecule has 2 heterocycles. The maximum absolute atomic E-state index is 5.99. The first-order valence-corrected chi connectivity index (χ1v) is 8.88. The number of nitrogens with one attached hydrogen (secondary N) is 1. The quantitative estimate of drug-likeness (QED) is 0.502. The van der Waals surface area contributed by atoms with Gasteiger partial charge in [0, 0.05) is 22.2 Å². The van der Waals surface area contributed by atoms with Gasteiger partial charge in [-0.3, -0.25) is 0 Å². The van der Waals surface area contributed by atoms with Crippen molar-refractivity contribution < 1.29 is 9.47 Å². The lowest BCUT2D eigenvalue weighted by molar-refractivity contribution is 0.263. The highest BCUT2D eigenvalue weighted by Crippen LogP contribution is 2.33. The van der Waals surface area contributed by atoms with Crippen LogP contribution in [-0.4, -0.2) is 24.3 Å². The van der Waals surface area contributed by atoms with Crippen LogP contribution in [0.1, 0.15) is 0 Å². The molecule has 3 heteroatoms. The van der Waals surface area contributed by atoms with Crippen molar-refractivity contribution in [2.75, 3.05) is 13.2 Å². The summed E-state index contributed by atoms with van der Waals surface area (Å²) < 4.78 is 11.3. The number of rotatable bonds is 5. The molecule has 1 N–H and O–H groups in total. The number of H-pyrrole nitrogens is 1. The van der Waals surface area contributed by atoms with Crippen molar-refractivity contribution in [1.82, 2.24) is 4.98 Å². The van der Waals surface area contributed by atoms with Crippen LogP contribution >= 0.6 is 0 Å². The largest absolute Gasteiger partial charge is 0.491 e. The van der Waals surface area contributed by atoms with Crippen molar-refractivity contribution in [1.29, 1.82) is 0 Å². The number of hydrogen-bond acceptors (Lipinski definition) is 2. The normalized spacial score (nSPS) is 15.9. The van der Waals surface area contributed by atoms with Crippen molar-refractivity contribution >= 4 is 10.9 Å². The number of ether oxygens (including phenoxy) is 2. The average molecular weight is 341 g/mol. The van der Waals surface area contributed by atoms with Crippen molar-refractivity contribution in [2.24, 2.45) is 0 Å². The van der Waals surface area contributed by atoms with Crippen LogP contribution < -0.4 is 4.74 Å². The Balaban J connectivity index is 1.59. The van der Waals surface area contributed by atoms with Gasteiger partial charge in [0.15, 0.2) is 0 Å². The molecule has 1 saturated heterocycles. The molecule has 26 heavy (non-hydrogen) atoms. The zero-order valence-electron chi connectivity index (χ0n) is 14.3. The van der Waals surface area contributed by atoms with Crippen LogP contribution in [0.5, 0.6) is 5.75 Å². The Hall–Kier alpha value is -3.04. The number of aromatic amines is 1. The monoisotopic (exact) mass is 341 g/mol. The second-order valence-corrected chi connectivity index (χ2v) is 6.65. The molecule has 0 spiro atoms. The van der Waals surface area contributed by atoms with E-state index in [1.165, 1.54) is 10.9 Å². The number of aromatic nitrogens is 1. The summed E-state index contributed by atoms with van der Waals surface area (Å²) in [6.45, 7) is 1.40. The summed E-state index contributed by atoms with van der Waals surface area (Å²) in [6.07, 6.45) is 0.243. The fourth-order valence-corrected chi connectivity index (χ4v) is 3.22. The molecule has 5 rings (SSSR count). The lowest BCUT2D eigenvalue weighted by Crippen LogP contribution is -2.04. The summed E-state index contributed by atoms with van der Waals surface area (Å²) in [5.41, 5.74) is 5.68.